The zero-order valence-electron chi connectivity index (χ0n) is 15.8. The zero-order chi connectivity index (χ0) is 19.5. The van der Waals surface area contributed by atoms with Crippen molar-refractivity contribution >= 4 is 17.5 Å². The number of hydrogen-bond acceptors (Lipinski definition) is 4. The van der Waals surface area contributed by atoms with Gasteiger partial charge in [-0.3, -0.25) is 14.0 Å². The highest BCUT2D eigenvalue weighted by molar-refractivity contribution is 5.95. The SMILES string of the molecule is Cc1ccccc1C(=O)NCCC(=O)N1CCCC1c1nnc2ccccn12. The molecular formula is C21H23N5O2. The lowest BCUT2D eigenvalue weighted by molar-refractivity contribution is -0.132. The van der Waals surface area contributed by atoms with Crippen molar-refractivity contribution in [3.8, 4) is 0 Å². The molecule has 1 N–H and O–H groups in total. The first-order valence-corrected chi connectivity index (χ1v) is 9.58. The summed E-state index contributed by atoms with van der Waals surface area (Å²) in [4.78, 5) is 27.0. The zero-order valence-corrected chi connectivity index (χ0v) is 15.8. The fourth-order valence-electron chi connectivity index (χ4n) is 3.77. The minimum Gasteiger partial charge on any atom is -0.352 e. The van der Waals surface area contributed by atoms with Crippen LogP contribution in [0.25, 0.3) is 5.65 Å². The van der Waals surface area contributed by atoms with Crippen molar-refractivity contribution in [2.45, 2.75) is 32.2 Å². The van der Waals surface area contributed by atoms with E-state index in [0.29, 0.717) is 18.7 Å². The molecule has 1 saturated heterocycles. The van der Waals surface area contributed by atoms with Crippen LogP contribution >= 0.6 is 0 Å². The maximum Gasteiger partial charge on any atom is 0.251 e. The second kappa shape index (κ2) is 7.80. The van der Waals surface area contributed by atoms with Crippen molar-refractivity contribution in [1.29, 1.82) is 0 Å². The third kappa shape index (κ3) is 3.47. The Hall–Kier alpha value is -3.22. The fraction of sp³-hybridized carbons (Fsp3) is 0.333. The molecule has 1 aliphatic rings. The normalized spacial score (nSPS) is 16.5. The van der Waals surface area contributed by atoms with Gasteiger partial charge < -0.3 is 10.2 Å². The van der Waals surface area contributed by atoms with Crippen molar-refractivity contribution in [3.63, 3.8) is 0 Å². The van der Waals surface area contributed by atoms with Crippen molar-refractivity contribution in [2.75, 3.05) is 13.1 Å². The van der Waals surface area contributed by atoms with Gasteiger partial charge in [0, 0.05) is 31.3 Å². The highest BCUT2D eigenvalue weighted by Gasteiger charge is 2.32. The Balaban J connectivity index is 1.39. The Morgan fingerprint density at radius 2 is 1.96 bits per heavy atom. The topological polar surface area (TPSA) is 79.6 Å². The molecule has 1 fully saturated rings. The molecule has 7 heteroatoms. The summed E-state index contributed by atoms with van der Waals surface area (Å²) in [7, 11) is 0. The maximum absolute atomic E-state index is 12.8. The van der Waals surface area contributed by atoms with Crippen LogP contribution in [0, 0.1) is 6.92 Å². The first kappa shape index (κ1) is 18.2. The number of aryl methyl sites for hydroxylation is 1. The Labute approximate surface area is 163 Å². The molecule has 1 atom stereocenters. The van der Waals surface area contributed by atoms with Crippen LogP contribution in [0.4, 0.5) is 0 Å². The fourth-order valence-corrected chi connectivity index (χ4v) is 3.77. The number of rotatable bonds is 5. The molecule has 144 valence electrons. The van der Waals surface area contributed by atoms with Crippen molar-refractivity contribution in [1.82, 2.24) is 24.8 Å². The van der Waals surface area contributed by atoms with Gasteiger partial charge in [0.25, 0.3) is 5.91 Å². The van der Waals surface area contributed by atoms with E-state index in [1.165, 1.54) is 0 Å². The molecule has 0 bridgehead atoms. The number of carbonyl (C=O) groups is 2. The molecule has 28 heavy (non-hydrogen) atoms. The van der Waals surface area contributed by atoms with Crippen LogP contribution < -0.4 is 5.32 Å². The molecule has 1 unspecified atom stereocenters. The van der Waals surface area contributed by atoms with Gasteiger partial charge in [-0.2, -0.15) is 0 Å². The van der Waals surface area contributed by atoms with Gasteiger partial charge in [0.15, 0.2) is 11.5 Å². The van der Waals surface area contributed by atoms with Crippen LogP contribution in [0.1, 0.15) is 47.1 Å². The summed E-state index contributed by atoms with van der Waals surface area (Å²) < 4.78 is 1.94. The minimum absolute atomic E-state index is 0.0280. The largest absolute Gasteiger partial charge is 0.352 e. The number of hydrogen-bond donors (Lipinski definition) is 1. The number of carbonyl (C=O) groups excluding carboxylic acids is 2. The van der Waals surface area contributed by atoms with Crippen LogP contribution in [0.15, 0.2) is 48.7 Å². The molecule has 0 spiro atoms. The Kier molecular flexibility index (Phi) is 5.06. The lowest BCUT2D eigenvalue weighted by atomic mass is 10.1. The van der Waals surface area contributed by atoms with E-state index in [0.717, 1.165) is 29.9 Å². The molecule has 7 nitrogen and oxygen atoms in total. The molecule has 0 saturated carbocycles. The molecule has 3 aromatic rings. The molecule has 0 aliphatic carbocycles. The average molecular weight is 377 g/mol. The van der Waals surface area contributed by atoms with Gasteiger partial charge in [-0.05, 0) is 43.5 Å². The molecule has 0 radical (unpaired) electrons. The highest BCUT2D eigenvalue weighted by atomic mass is 16.2. The predicted octanol–water partition coefficient (Wildman–Crippen LogP) is 2.52. The number of fused-ring (bicyclic) bond motifs is 1. The molecule has 1 aliphatic heterocycles. The Morgan fingerprint density at radius 3 is 2.82 bits per heavy atom. The number of amides is 2. The number of nitrogens with zero attached hydrogens (tertiary/aromatic N) is 4. The van der Waals surface area contributed by atoms with E-state index in [2.05, 4.69) is 15.5 Å². The summed E-state index contributed by atoms with van der Waals surface area (Å²) in [5, 5.41) is 11.4. The van der Waals surface area contributed by atoms with Crippen LogP contribution in [-0.2, 0) is 4.79 Å². The predicted molar refractivity (Wildman–Crippen MR) is 105 cm³/mol. The van der Waals surface area contributed by atoms with Gasteiger partial charge in [-0.25, -0.2) is 0 Å². The van der Waals surface area contributed by atoms with Gasteiger partial charge in [-0.1, -0.05) is 24.3 Å². The summed E-state index contributed by atoms with van der Waals surface area (Å²) in [6.45, 7) is 2.92. The molecule has 4 rings (SSSR count). The van der Waals surface area contributed by atoms with Crippen molar-refractivity contribution in [3.05, 3.63) is 65.6 Å². The monoisotopic (exact) mass is 377 g/mol. The lowest BCUT2D eigenvalue weighted by Crippen LogP contribution is -2.35. The Bertz CT molecular complexity index is 1010. The van der Waals surface area contributed by atoms with E-state index in [-0.39, 0.29) is 24.3 Å². The molecule has 2 amide bonds. The summed E-state index contributed by atoms with van der Waals surface area (Å²) in [6.07, 6.45) is 4.00. The number of benzene rings is 1. The van der Waals surface area contributed by atoms with Gasteiger partial charge >= 0.3 is 0 Å². The standard InChI is InChI=1S/C21H23N5O2/c1-15-7-2-3-8-16(15)21(28)22-12-11-19(27)25-14-6-9-17(25)20-24-23-18-10-4-5-13-26(18)20/h2-5,7-8,10,13,17H,6,9,11-12,14H2,1H3,(H,22,28). The minimum atomic E-state index is -0.146. The van der Waals surface area contributed by atoms with E-state index in [4.69, 9.17) is 0 Å². The summed E-state index contributed by atoms with van der Waals surface area (Å²) in [6, 6.07) is 13.1. The molecule has 3 heterocycles. The summed E-state index contributed by atoms with van der Waals surface area (Å²) in [5.74, 6) is 0.679. The quantitative estimate of drug-likeness (QED) is 0.741. The third-order valence-electron chi connectivity index (χ3n) is 5.23. The van der Waals surface area contributed by atoms with E-state index in [1.807, 2.05) is 58.8 Å². The van der Waals surface area contributed by atoms with Crippen molar-refractivity contribution < 1.29 is 9.59 Å². The number of aromatic nitrogens is 3. The van der Waals surface area contributed by atoms with Crippen LogP contribution in [0.5, 0.6) is 0 Å². The van der Waals surface area contributed by atoms with Crippen molar-refractivity contribution in [2.24, 2.45) is 0 Å². The molecule has 1 aromatic carbocycles. The average Bonchev–Trinajstić information content (AvgIpc) is 3.34. The summed E-state index contributed by atoms with van der Waals surface area (Å²) >= 11 is 0. The maximum atomic E-state index is 12.8. The third-order valence-corrected chi connectivity index (χ3v) is 5.23. The van der Waals surface area contributed by atoms with E-state index >= 15 is 0 Å². The molecular weight excluding hydrogens is 354 g/mol. The number of pyridine rings is 1. The second-order valence-corrected chi connectivity index (χ2v) is 7.05. The smallest absolute Gasteiger partial charge is 0.251 e. The highest BCUT2D eigenvalue weighted by Crippen LogP contribution is 2.31. The Morgan fingerprint density at radius 1 is 1.14 bits per heavy atom. The van der Waals surface area contributed by atoms with E-state index in [9.17, 15) is 9.59 Å². The van der Waals surface area contributed by atoms with Gasteiger partial charge in [0.1, 0.15) is 0 Å². The van der Waals surface area contributed by atoms with Gasteiger partial charge in [0.2, 0.25) is 5.91 Å². The van der Waals surface area contributed by atoms with Crippen LogP contribution in [0.2, 0.25) is 0 Å². The lowest BCUT2D eigenvalue weighted by Gasteiger charge is -2.23. The first-order chi connectivity index (χ1) is 13.6. The number of likely N-dealkylation sites (tertiary alicyclic amines) is 1. The first-order valence-electron chi connectivity index (χ1n) is 9.58. The number of nitrogens with one attached hydrogen (secondary N) is 1. The van der Waals surface area contributed by atoms with E-state index < -0.39 is 0 Å². The van der Waals surface area contributed by atoms with E-state index in [1.54, 1.807) is 6.07 Å². The van der Waals surface area contributed by atoms with Gasteiger partial charge in [-0.15, -0.1) is 10.2 Å². The van der Waals surface area contributed by atoms with Crippen LogP contribution in [0.3, 0.4) is 0 Å². The van der Waals surface area contributed by atoms with Crippen LogP contribution in [-0.4, -0.2) is 44.4 Å². The second-order valence-electron chi connectivity index (χ2n) is 7.05. The molecule has 2 aromatic heterocycles. The van der Waals surface area contributed by atoms with Gasteiger partial charge in [0.05, 0.1) is 6.04 Å². The summed E-state index contributed by atoms with van der Waals surface area (Å²) in [5.41, 5.74) is 2.34.